The Hall–Kier alpha value is -0.990. The second-order valence-electron chi connectivity index (χ2n) is 4.65. The maximum atomic E-state index is 13.2. The van der Waals surface area contributed by atoms with Crippen molar-refractivity contribution in [2.24, 2.45) is 0 Å². The van der Waals surface area contributed by atoms with Crippen LogP contribution in [0.5, 0.6) is 0 Å². The Morgan fingerprint density at radius 2 is 1.80 bits per heavy atom. The molecular formula is C12H15F3. The Morgan fingerprint density at radius 3 is 2.27 bits per heavy atom. The highest BCUT2D eigenvalue weighted by molar-refractivity contribution is 5.30. The first-order chi connectivity index (χ1) is 6.80. The van der Waals surface area contributed by atoms with Gasteiger partial charge in [0.1, 0.15) is 5.82 Å². The van der Waals surface area contributed by atoms with Crippen molar-refractivity contribution in [3.8, 4) is 0 Å². The fraction of sp³-hybridized carbons (Fsp3) is 0.500. The summed E-state index contributed by atoms with van der Waals surface area (Å²) in [6, 6.07) is 4.43. The minimum absolute atomic E-state index is 0.0948. The minimum Gasteiger partial charge on any atom is -0.210 e. The molecule has 0 saturated heterocycles. The van der Waals surface area contributed by atoms with Crippen LogP contribution in [0.1, 0.15) is 31.9 Å². The Labute approximate surface area is 88.1 Å². The third kappa shape index (κ3) is 3.26. The van der Waals surface area contributed by atoms with Crippen LogP contribution in [-0.2, 0) is 11.8 Å². The summed E-state index contributed by atoms with van der Waals surface area (Å²) >= 11 is 0. The molecule has 0 fully saturated rings. The van der Waals surface area contributed by atoms with Gasteiger partial charge in [-0.1, -0.05) is 32.9 Å². The molecule has 3 heteroatoms. The standard InChI is InChI=1S/C12H15F3/c1-12(2,3)9-4-5-10(13)8(6-9)7-11(14)15/h4-6,11H,7H2,1-3H3. The molecule has 0 unspecified atom stereocenters. The van der Waals surface area contributed by atoms with Crippen molar-refractivity contribution >= 4 is 0 Å². The molecule has 0 amide bonds. The van der Waals surface area contributed by atoms with Gasteiger partial charge in [-0.25, -0.2) is 13.2 Å². The molecular weight excluding hydrogens is 201 g/mol. The van der Waals surface area contributed by atoms with Crippen molar-refractivity contribution in [3.05, 3.63) is 35.1 Å². The molecule has 0 aliphatic heterocycles. The van der Waals surface area contributed by atoms with E-state index in [0.717, 1.165) is 5.56 Å². The van der Waals surface area contributed by atoms with E-state index in [-0.39, 0.29) is 11.0 Å². The summed E-state index contributed by atoms with van der Waals surface area (Å²) in [5, 5.41) is 0. The van der Waals surface area contributed by atoms with E-state index in [9.17, 15) is 13.2 Å². The fourth-order valence-corrected chi connectivity index (χ4v) is 1.36. The Balaban J connectivity index is 3.06. The second-order valence-corrected chi connectivity index (χ2v) is 4.65. The van der Waals surface area contributed by atoms with Crippen LogP contribution in [0.4, 0.5) is 13.2 Å². The van der Waals surface area contributed by atoms with E-state index in [0.29, 0.717) is 0 Å². The zero-order valence-corrected chi connectivity index (χ0v) is 9.15. The Kier molecular flexibility index (Phi) is 3.42. The van der Waals surface area contributed by atoms with E-state index >= 15 is 0 Å². The van der Waals surface area contributed by atoms with Gasteiger partial charge >= 0.3 is 0 Å². The van der Waals surface area contributed by atoms with E-state index in [2.05, 4.69) is 0 Å². The molecule has 0 spiro atoms. The predicted molar refractivity (Wildman–Crippen MR) is 54.8 cm³/mol. The third-order valence-corrected chi connectivity index (χ3v) is 2.29. The maximum absolute atomic E-state index is 13.2. The zero-order valence-electron chi connectivity index (χ0n) is 9.15. The molecule has 1 rings (SSSR count). The number of hydrogen-bond donors (Lipinski definition) is 0. The average molecular weight is 216 g/mol. The van der Waals surface area contributed by atoms with Crippen LogP contribution in [0, 0.1) is 5.82 Å². The van der Waals surface area contributed by atoms with Crippen molar-refractivity contribution in [2.75, 3.05) is 0 Å². The molecule has 0 aliphatic rings. The normalized spacial score (nSPS) is 12.2. The van der Waals surface area contributed by atoms with Gasteiger partial charge in [0.25, 0.3) is 0 Å². The van der Waals surface area contributed by atoms with Crippen LogP contribution in [-0.4, -0.2) is 6.43 Å². The molecule has 1 aromatic carbocycles. The molecule has 0 bridgehead atoms. The van der Waals surface area contributed by atoms with Gasteiger partial charge in [0.2, 0.25) is 6.43 Å². The summed E-state index contributed by atoms with van der Waals surface area (Å²) in [5.41, 5.74) is 0.821. The number of benzene rings is 1. The highest BCUT2D eigenvalue weighted by Crippen LogP contribution is 2.25. The van der Waals surface area contributed by atoms with E-state index in [4.69, 9.17) is 0 Å². The molecule has 0 aliphatic carbocycles. The van der Waals surface area contributed by atoms with Crippen LogP contribution >= 0.6 is 0 Å². The lowest BCUT2D eigenvalue weighted by Crippen LogP contribution is -2.12. The fourth-order valence-electron chi connectivity index (χ4n) is 1.36. The Bertz CT molecular complexity index is 337. The highest BCUT2D eigenvalue weighted by Gasteiger charge is 2.17. The SMILES string of the molecule is CC(C)(C)c1ccc(F)c(CC(F)F)c1. The summed E-state index contributed by atoms with van der Waals surface area (Å²) in [6.45, 7) is 5.89. The molecule has 0 saturated carbocycles. The van der Waals surface area contributed by atoms with Crippen molar-refractivity contribution in [1.82, 2.24) is 0 Å². The van der Waals surface area contributed by atoms with E-state index < -0.39 is 18.7 Å². The van der Waals surface area contributed by atoms with Gasteiger partial charge in [0, 0.05) is 6.42 Å². The first kappa shape index (κ1) is 12.1. The molecule has 84 valence electrons. The third-order valence-electron chi connectivity index (χ3n) is 2.29. The summed E-state index contributed by atoms with van der Waals surface area (Å²) in [4.78, 5) is 0. The quantitative estimate of drug-likeness (QED) is 0.702. The smallest absolute Gasteiger partial charge is 0.210 e. The van der Waals surface area contributed by atoms with Crippen LogP contribution in [0.3, 0.4) is 0 Å². The number of halogens is 3. The molecule has 0 aromatic heterocycles. The summed E-state index contributed by atoms with van der Waals surface area (Å²) in [6.07, 6.45) is -3.02. The van der Waals surface area contributed by atoms with Gasteiger partial charge in [-0.15, -0.1) is 0 Å². The minimum atomic E-state index is -2.50. The average Bonchev–Trinajstić information content (AvgIpc) is 2.06. The van der Waals surface area contributed by atoms with Crippen LogP contribution in [0.15, 0.2) is 18.2 Å². The lowest BCUT2D eigenvalue weighted by Gasteiger charge is -2.20. The van der Waals surface area contributed by atoms with Crippen molar-refractivity contribution in [3.63, 3.8) is 0 Å². The first-order valence-electron chi connectivity index (χ1n) is 4.88. The van der Waals surface area contributed by atoms with Gasteiger partial charge in [-0.3, -0.25) is 0 Å². The van der Waals surface area contributed by atoms with Crippen molar-refractivity contribution in [2.45, 2.75) is 39.0 Å². The van der Waals surface area contributed by atoms with Gasteiger partial charge in [-0.05, 0) is 22.6 Å². The summed E-state index contributed by atoms with van der Waals surface area (Å²) < 4.78 is 37.5. The lowest BCUT2D eigenvalue weighted by atomic mass is 9.86. The topological polar surface area (TPSA) is 0 Å². The summed E-state index contributed by atoms with van der Waals surface area (Å²) in [5.74, 6) is -0.552. The first-order valence-corrected chi connectivity index (χ1v) is 4.88. The predicted octanol–water partition coefficient (Wildman–Crippen LogP) is 3.93. The van der Waals surface area contributed by atoms with Gasteiger partial charge in [0.15, 0.2) is 0 Å². The van der Waals surface area contributed by atoms with Crippen LogP contribution in [0.25, 0.3) is 0 Å². The molecule has 0 N–H and O–H groups in total. The van der Waals surface area contributed by atoms with E-state index in [1.807, 2.05) is 20.8 Å². The highest BCUT2D eigenvalue weighted by atomic mass is 19.3. The molecule has 0 radical (unpaired) electrons. The van der Waals surface area contributed by atoms with Gasteiger partial charge in [-0.2, -0.15) is 0 Å². The van der Waals surface area contributed by atoms with Gasteiger partial charge in [0.05, 0.1) is 0 Å². The number of hydrogen-bond acceptors (Lipinski definition) is 0. The van der Waals surface area contributed by atoms with Crippen molar-refractivity contribution < 1.29 is 13.2 Å². The van der Waals surface area contributed by atoms with Crippen LogP contribution < -0.4 is 0 Å². The Morgan fingerprint density at radius 1 is 1.20 bits per heavy atom. The van der Waals surface area contributed by atoms with Crippen molar-refractivity contribution in [1.29, 1.82) is 0 Å². The zero-order chi connectivity index (χ0) is 11.6. The molecule has 0 nitrogen and oxygen atoms in total. The number of alkyl halides is 2. The molecule has 1 aromatic rings. The summed E-state index contributed by atoms with van der Waals surface area (Å²) in [7, 11) is 0. The van der Waals surface area contributed by atoms with Crippen LogP contribution in [0.2, 0.25) is 0 Å². The largest absolute Gasteiger partial charge is 0.242 e. The monoisotopic (exact) mass is 216 g/mol. The van der Waals surface area contributed by atoms with E-state index in [1.165, 1.54) is 12.1 Å². The molecule has 0 atom stereocenters. The molecule has 15 heavy (non-hydrogen) atoms. The van der Waals surface area contributed by atoms with Gasteiger partial charge < -0.3 is 0 Å². The maximum Gasteiger partial charge on any atom is 0.242 e. The second kappa shape index (κ2) is 4.25. The number of rotatable bonds is 2. The lowest BCUT2D eigenvalue weighted by molar-refractivity contribution is 0.147. The van der Waals surface area contributed by atoms with E-state index in [1.54, 1.807) is 6.07 Å². The molecule has 0 heterocycles.